The van der Waals surface area contributed by atoms with E-state index in [0.29, 0.717) is 18.4 Å². The Morgan fingerprint density at radius 3 is 2.72 bits per heavy atom. The predicted octanol–water partition coefficient (Wildman–Crippen LogP) is 3.85. The third kappa shape index (κ3) is 5.93. The first kappa shape index (κ1) is 19.0. The molecule has 1 heterocycles. The average molecular weight is 343 g/mol. The van der Waals surface area contributed by atoms with Crippen LogP contribution in [0.15, 0.2) is 29.1 Å². The number of aryl methyl sites for hydroxylation is 1. The number of nitrogens with two attached hydrogens (primary N) is 1. The van der Waals surface area contributed by atoms with Crippen LogP contribution < -0.4 is 16.0 Å². The number of benzene rings is 1. The molecule has 0 atom stereocenters. The molecule has 1 aromatic heterocycles. The molecule has 0 saturated heterocycles. The summed E-state index contributed by atoms with van der Waals surface area (Å²) < 4.78 is 5.85. The predicted molar refractivity (Wildman–Crippen MR) is 102 cm³/mol. The van der Waals surface area contributed by atoms with Crippen LogP contribution in [0, 0.1) is 0 Å². The number of anilines is 1. The second kappa shape index (κ2) is 9.87. The minimum absolute atomic E-state index is 0.161. The molecule has 5 heteroatoms. The van der Waals surface area contributed by atoms with Gasteiger partial charge in [0, 0.05) is 12.0 Å². The molecule has 2 rings (SSSR count). The van der Waals surface area contributed by atoms with E-state index < -0.39 is 0 Å². The van der Waals surface area contributed by atoms with Crippen LogP contribution in [0.4, 0.5) is 5.95 Å². The fourth-order valence-electron chi connectivity index (χ4n) is 2.88. The fourth-order valence-corrected chi connectivity index (χ4v) is 2.88. The molecular weight excluding hydrogens is 314 g/mol. The smallest absolute Gasteiger partial charge is 0.256 e. The molecule has 0 aliphatic rings. The summed E-state index contributed by atoms with van der Waals surface area (Å²) in [7, 11) is 0. The number of aromatic amines is 1. The van der Waals surface area contributed by atoms with Crippen LogP contribution in [-0.2, 0) is 12.8 Å². The van der Waals surface area contributed by atoms with Crippen molar-refractivity contribution < 1.29 is 4.74 Å². The van der Waals surface area contributed by atoms with Gasteiger partial charge in [0.2, 0.25) is 5.95 Å². The molecule has 25 heavy (non-hydrogen) atoms. The SMILES string of the molecule is CCCCCCCOc1cccc(Cc2c(CC)nc(N)[nH]c2=O)c1. The highest BCUT2D eigenvalue weighted by Gasteiger charge is 2.10. The van der Waals surface area contributed by atoms with Crippen molar-refractivity contribution >= 4 is 5.95 Å². The standard InChI is InChI=1S/C20H29N3O2/c1-3-5-6-7-8-12-25-16-11-9-10-15(13-16)14-17-18(4-2)22-20(21)23-19(17)24/h9-11,13H,3-8,12,14H2,1-2H3,(H3,21,22,23,24). The molecule has 0 bridgehead atoms. The Hall–Kier alpha value is -2.30. The Labute approximate surface area is 149 Å². The van der Waals surface area contributed by atoms with E-state index in [4.69, 9.17) is 10.5 Å². The number of nitrogen functional groups attached to an aromatic ring is 1. The van der Waals surface area contributed by atoms with Gasteiger partial charge in [-0.3, -0.25) is 9.78 Å². The molecule has 0 spiro atoms. The van der Waals surface area contributed by atoms with E-state index >= 15 is 0 Å². The van der Waals surface area contributed by atoms with Gasteiger partial charge in [-0.2, -0.15) is 0 Å². The van der Waals surface area contributed by atoms with E-state index in [0.717, 1.165) is 30.0 Å². The molecule has 0 amide bonds. The van der Waals surface area contributed by atoms with Crippen molar-refractivity contribution in [1.29, 1.82) is 0 Å². The number of hydrogen-bond acceptors (Lipinski definition) is 4. The maximum atomic E-state index is 12.2. The summed E-state index contributed by atoms with van der Waals surface area (Å²) in [5.74, 6) is 1.02. The van der Waals surface area contributed by atoms with Gasteiger partial charge in [0.1, 0.15) is 5.75 Å². The molecule has 2 aromatic rings. The number of unbranched alkanes of at least 4 members (excludes halogenated alkanes) is 4. The van der Waals surface area contributed by atoms with E-state index in [1.165, 1.54) is 25.7 Å². The van der Waals surface area contributed by atoms with Gasteiger partial charge in [-0.05, 0) is 30.5 Å². The van der Waals surface area contributed by atoms with Crippen LogP contribution in [-0.4, -0.2) is 16.6 Å². The van der Waals surface area contributed by atoms with Crippen molar-refractivity contribution in [1.82, 2.24) is 9.97 Å². The lowest BCUT2D eigenvalue weighted by atomic mass is 10.0. The van der Waals surface area contributed by atoms with Crippen LogP contribution in [0.1, 0.15) is 62.8 Å². The molecule has 0 unspecified atom stereocenters. The normalized spacial score (nSPS) is 10.8. The van der Waals surface area contributed by atoms with Gasteiger partial charge in [-0.15, -0.1) is 0 Å². The lowest BCUT2D eigenvalue weighted by Crippen LogP contribution is -2.20. The van der Waals surface area contributed by atoms with Crippen LogP contribution in [0.2, 0.25) is 0 Å². The molecule has 3 N–H and O–H groups in total. The van der Waals surface area contributed by atoms with Gasteiger partial charge in [0.25, 0.3) is 5.56 Å². The number of rotatable bonds is 10. The number of nitrogens with one attached hydrogen (secondary N) is 1. The summed E-state index contributed by atoms with van der Waals surface area (Å²) in [6.07, 6.45) is 7.30. The number of hydrogen-bond donors (Lipinski definition) is 2. The third-order valence-electron chi connectivity index (χ3n) is 4.25. The first-order chi connectivity index (χ1) is 12.1. The van der Waals surface area contributed by atoms with E-state index in [1.54, 1.807) is 0 Å². The molecule has 136 valence electrons. The monoisotopic (exact) mass is 343 g/mol. The molecule has 0 saturated carbocycles. The van der Waals surface area contributed by atoms with Gasteiger partial charge < -0.3 is 10.5 Å². The molecule has 0 radical (unpaired) electrons. The summed E-state index contributed by atoms with van der Waals surface area (Å²) in [6, 6.07) is 7.93. The lowest BCUT2D eigenvalue weighted by molar-refractivity contribution is 0.304. The molecule has 5 nitrogen and oxygen atoms in total. The minimum atomic E-state index is -0.161. The van der Waals surface area contributed by atoms with Crippen molar-refractivity contribution in [2.45, 2.75) is 58.8 Å². The van der Waals surface area contributed by atoms with Gasteiger partial charge >= 0.3 is 0 Å². The van der Waals surface area contributed by atoms with Crippen LogP contribution in [0.3, 0.4) is 0 Å². The van der Waals surface area contributed by atoms with Gasteiger partial charge in [-0.1, -0.05) is 51.7 Å². The van der Waals surface area contributed by atoms with E-state index in [2.05, 4.69) is 16.9 Å². The van der Waals surface area contributed by atoms with Crippen molar-refractivity contribution in [2.24, 2.45) is 0 Å². The Balaban J connectivity index is 1.99. The van der Waals surface area contributed by atoms with Crippen LogP contribution in [0.5, 0.6) is 5.75 Å². The fraction of sp³-hybridized carbons (Fsp3) is 0.500. The second-order valence-electron chi connectivity index (χ2n) is 6.32. The summed E-state index contributed by atoms with van der Waals surface area (Å²) in [5.41, 5.74) is 7.94. The largest absolute Gasteiger partial charge is 0.494 e. The van der Waals surface area contributed by atoms with Crippen molar-refractivity contribution in [2.75, 3.05) is 12.3 Å². The highest BCUT2D eigenvalue weighted by atomic mass is 16.5. The van der Waals surface area contributed by atoms with E-state index in [9.17, 15) is 4.79 Å². The summed E-state index contributed by atoms with van der Waals surface area (Å²) in [6.45, 7) is 4.92. The average Bonchev–Trinajstić information content (AvgIpc) is 2.60. The van der Waals surface area contributed by atoms with Crippen molar-refractivity contribution in [3.8, 4) is 5.75 Å². The summed E-state index contributed by atoms with van der Waals surface area (Å²) in [4.78, 5) is 19.0. The molecule has 0 aliphatic heterocycles. The first-order valence-corrected chi connectivity index (χ1v) is 9.23. The maximum absolute atomic E-state index is 12.2. The highest BCUT2D eigenvalue weighted by Crippen LogP contribution is 2.17. The number of H-pyrrole nitrogens is 1. The maximum Gasteiger partial charge on any atom is 0.256 e. The van der Waals surface area contributed by atoms with E-state index in [-0.39, 0.29) is 11.5 Å². The van der Waals surface area contributed by atoms with Crippen LogP contribution in [0.25, 0.3) is 0 Å². The van der Waals surface area contributed by atoms with Gasteiger partial charge in [0.05, 0.1) is 12.3 Å². The Bertz CT molecular complexity index is 725. The third-order valence-corrected chi connectivity index (χ3v) is 4.25. The zero-order valence-electron chi connectivity index (χ0n) is 15.3. The first-order valence-electron chi connectivity index (χ1n) is 9.23. The number of ether oxygens (including phenoxy) is 1. The Morgan fingerprint density at radius 2 is 1.96 bits per heavy atom. The summed E-state index contributed by atoms with van der Waals surface area (Å²) >= 11 is 0. The topological polar surface area (TPSA) is 81.0 Å². The van der Waals surface area contributed by atoms with Crippen molar-refractivity contribution in [3.05, 3.63) is 51.4 Å². The molecule has 0 aliphatic carbocycles. The minimum Gasteiger partial charge on any atom is -0.494 e. The van der Waals surface area contributed by atoms with E-state index in [1.807, 2.05) is 31.2 Å². The number of nitrogens with zero attached hydrogens (tertiary/aromatic N) is 1. The Morgan fingerprint density at radius 1 is 1.16 bits per heavy atom. The Kier molecular flexibility index (Phi) is 7.51. The summed E-state index contributed by atoms with van der Waals surface area (Å²) in [5, 5.41) is 0. The zero-order chi connectivity index (χ0) is 18.1. The van der Waals surface area contributed by atoms with Crippen molar-refractivity contribution in [3.63, 3.8) is 0 Å². The quantitative estimate of drug-likeness (QED) is 0.642. The second-order valence-corrected chi connectivity index (χ2v) is 6.32. The highest BCUT2D eigenvalue weighted by molar-refractivity contribution is 5.35. The zero-order valence-corrected chi connectivity index (χ0v) is 15.3. The molecule has 0 fully saturated rings. The lowest BCUT2D eigenvalue weighted by Gasteiger charge is -2.10. The van der Waals surface area contributed by atoms with Gasteiger partial charge in [0.15, 0.2) is 0 Å². The molecule has 1 aromatic carbocycles. The van der Waals surface area contributed by atoms with Gasteiger partial charge in [-0.25, -0.2) is 4.98 Å². The van der Waals surface area contributed by atoms with Crippen LogP contribution >= 0.6 is 0 Å². The number of aromatic nitrogens is 2. The molecular formula is C20H29N3O2.